The molecule has 0 aromatic heterocycles. The molecule has 0 saturated carbocycles. The van der Waals surface area contributed by atoms with Crippen LogP contribution in [0.25, 0.3) is 0 Å². The highest BCUT2D eigenvalue weighted by atomic mass is 16.6. The van der Waals surface area contributed by atoms with Crippen molar-refractivity contribution in [3.05, 3.63) is 0 Å². The number of methoxy groups -OCH3 is 1. The van der Waals surface area contributed by atoms with E-state index in [-0.39, 0.29) is 0 Å². The molecule has 5 atom stereocenters. The maximum Gasteiger partial charge on any atom is 0.337 e. The Morgan fingerprint density at radius 1 is 1.33 bits per heavy atom. The van der Waals surface area contributed by atoms with Crippen molar-refractivity contribution in [2.45, 2.75) is 30.5 Å². The third-order valence-corrected chi connectivity index (χ3v) is 2.21. The Balaban J connectivity index is 2.84. The Labute approximate surface area is 86.4 Å². The fourth-order valence-electron chi connectivity index (χ4n) is 1.33. The molecule has 0 radical (unpaired) electrons. The molecule has 5 unspecified atom stereocenters. The topological polar surface area (TPSA) is 96.2 Å². The van der Waals surface area contributed by atoms with Crippen molar-refractivity contribution in [3.63, 3.8) is 0 Å². The maximum atomic E-state index is 11.1. The molecule has 1 fully saturated rings. The Bertz CT molecular complexity index is 283. The van der Waals surface area contributed by atoms with Gasteiger partial charge in [0.2, 0.25) is 0 Å². The Morgan fingerprint density at radius 2 is 1.93 bits per heavy atom. The lowest BCUT2D eigenvalue weighted by molar-refractivity contribution is -0.217. The lowest BCUT2D eigenvalue weighted by Crippen LogP contribution is -2.59. The van der Waals surface area contributed by atoms with Crippen LogP contribution >= 0.6 is 0 Å². The van der Waals surface area contributed by atoms with Gasteiger partial charge in [0.1, 0.15) is 24.4 Å². The summed E-state index contributed by atoms with van der Waals surface area (Å²) in [5.41, 5.74) is 0. The van der Waals surface area contributed by atoms with E-state index in [0.717, 1.165) is 7.11 Å². The first-order valence-electron chi connectivity index (χ1n) is 4.26. The van der Waals surface area contributed by atoms with E-state index in [9.17, 15) is 20.1 Å². The van der Waals surface area contributed by atoms with Crippen LogP contribution in [0, 0.1) is 12.3 Å². The standard InChI is InChI=1S/C9H12O6/c1-3-4-5(10)6(11)7(12)8(15-4)9(13)14-2/h1,4-8,10-12H,2H3. The minimum atomic E-state index is -1.56. The molecular formula is C9H12O6. The molecule has 6 nitrogen and oxygen atoms in total. The fraction of sp³-hybridized carbons (Fsp3) is 0.667. The van der Waals surface area contributed by atoms with Crippen LogP contribution in [0.2, 0.25) is 0 Å². The third-order valence-electron chi connectivity index (χ3n) is 2.21. The van der Waals surface area contributed by atoms with Gasteiger partial charge in [-0.3, -0.25) is 0 Å². The molecule has 0 aromatic carbocycles. The van der Waals surface area contributed by atoms with Crippen LogP contribution in [0.1, 0.15) is 0 Å². The second-order valence-electron chi connectivity index (χ2n) is 3.14. The Kier molecular flexibility index (Phi) is 3.66. The molecule has 1 rings (SSSR count). The third kappa shape index (κ3) is 2.11. The Hall–Kier alpha value is -1.13. The zero-order valence-corrected chi connectivity index (χ0v) is 8.03. The van der Waals surface area contributed by atoms with E-state index in [1.807, 2.05) is 0 Å². The first kappa shape index (κ1) is 11.9. The van der Waals surface area contributed by atoms with Crippen LogP contribution < -0.4 is 0 Å². The summed E-state index contributed by atoms with van der Waals surface area (Å²) in [7, 11) is 1.11. The van der Waals surface area contributed by atoms with Crippen LogP contribution in [-0.2, 0) is 14.3 Å². The van der Waals surface area contributed by atoms with Crippen LogP contribution in [0.3, 0.4) is 0 Å². The second kappa shape index (κ2) is 4.59. The number of aliphatic hydroxyl groups is 3. The lowest BCUT2D eigenvalue weighted by Gasteiger charge is -2.37. The van der Waals surface area contributed by atoms with Gasteiger partial charge in [-0.25, -0.2) is 4.79 Å². The fourth-order valence-corrected chi connectivity index (χ4v) is 1.33. The van der Waals surface area contributed by atoms with Crippen molar-refractivity contribution >= 4 is 5.97 Å². The van der Waals surface area contributed by atoms with Gasteiger partial charge in [-0.1, -0.05) is 5.92 Å². The van der Waals surface area contributed by atoms with E-state index < -0.39 is 36.5 Å². The first-order valence-corrected chi connectivity index (χ1v) is 4.26. The van der Waals surface area contributed by atoms with Crippen LogP contribution in [-0.4, -0.2) is 58.9 Å². The first-order chi connectivity index (χ1) is 7.02. The smallest absolute Gasteiger partial charge is 0.337 e. The molecule has 0 aliphatic carbocycles. The molecule has 6 heteroatoms. The SMILES string of the molecule is C#CC1OC(C(=O)OC)C(O)C(O)C1O. The summed E-state index contributed by atoms with van der Waals surface area (Å²) in [5, 5.41) is 28.1. The number of terminal acetylenes is 1. The Morgan fingerprint density at radius 3 is 2.40 bits per heavy atom. The average molecular weight is 216 g/mol. The highest BCUT2D eigenvalue weighted by Crippen LogP contribution is 2.21. The molecule has 0 aromatic rings. The summed E-state index contributed by atoms with van der Waals surface area (Å²) in [6.45, 7) is 0. The van der Waals surface area contributed by atoms with E-state index in [4.69, 9.17) is 11.2 Å². The quantitative estimate of drug-likeness (QED) is 0.335. The van der Waals surface area contributed by atoms with E-state index in [0.29, 0.717) is 0 Å². The van der Waals surface area contributed by atoms with Crippen molar-refractivity contribution in [1.29, 1.82) is 0 Å². The molecule has 15 heavy (non-hydrogen) atoms. The van der Waals surface area contributed by atoms with Crippen LogP contribution in [0.15, 0.2) is 0 Å². The van der Waals surface area contributed by atoms with Crippen LogP contribution in [0.5, 0.6) is 0 Å². The molecule has 1 aliphatic rings. The van der Waals surface area contributed by atoms with E-state index >= 15 is 0 Å². The molecular weight excluding hydrogens is 204 g/mol. The van der Waals surface area contributed by atoms with Crippen molar-refractivity contribution in [2.24, 2.45) is 0 Å². The molecule has 0 bridgehead atoms. The molecule has 0 spiro atoms. The van der Waals surface area contributed by atoms with Crippen LogP contribution in [0.4, 0.5) is 0 Å². The van der Waals surface area contributed by atoms with E-state index in [1.54, 1.807) is 0 Å². The molecule has 1 aliphatic heterocycles. The summed E-state index contributed by atoms with van der Waals surface area (Å²) in [5.74, 6) is 1.21. The molecule has 0 amide bonds. The molecule has 1 saturated heterocycles. The normalized spacial score (nSPS) is 40.6. The summed E-state index contributed by atoms with van der Waals surface area (Å²) in [6.07, 6.45) is -2.02. The van der Waals surface area contributed by atoms with Gasteiger partial charge in [-0.15, -0.1) is 6.42 Å². The van der Waals surface area contributed by atoms with Gasteiger partial charge in [0, 0.05) is 0 Å². The maximum absolute atomic E-state index is 11.1. The highest BCUT2D eigenvalue weighted by Gasteiger charge is 2.46. The highest BCUT2D eigenvalue weighted by molar-refractivity contribution is 5.75. The predicted octanol–water partition coefficient (Wildman–Crippen LogP) is -2.36. The molecule has 1 heterocycles. The minimum Gasteiger partial charge on any atom is -0.467 e. The monoisotopic (exact) mass is 216 g/mol. The van der Waals surface area contributed by atoms with E-state index in [1.165, 1.54) is 0 Å². The minimum absolute atomic E-state index is 0.853. The zero-order chi connectivity index (χ0) is 11.6. The van der Waals surface area contributed by atoms with Gasteiger partial charge in [-0.2, -0.15) is 0 Å². The number of hydrogen-bond donors (Lipinski definition) is 3. The zero-order valence-electron chi connectivity index (χ0n) is 8.03. The van der Waals surface area contributed by atoms with Gasteiger partial charge < -0.3 is 24.8 Å². The molecule has 84 valence electrons. The number of carbonyl (C=O) groups is 1. The van der Waals surface area contributed by atoms with E-state index in [2.05, 4.69) is 10.7 Å². The van der Waals surface area contributed by atoms with Crippen molar-refractivity contribution in [2.75, 3.05) is 7.11 Å². The second-order valence-corrected chi connectivity index (χ2v) is 3.14. The van der Waals surface area contributed by atoms with Gasteiger partial charge in [0.15, 0.2) is 6.10 Å². The predicted molar refractivity (Wildman–Crippen MR) is 47.5 cm³/mol. The van der Waals surface area contributed by atoms with Crippen molar-refractivity contribution < 1.29 is 29.6 Å². The van der Waals surface area contributed by atoms with Gasteiger partial charge in [0.25, 0.3) is 0 Å². The largest absolute Gasteiger partial charge is 0.467 e. The van der Waals surface area contributed by atoms with Crippen molar-refractivity contribution in [1.82, 2.24) is 0 Å². The number of ether oxygens (including phenoxy) is 2. The lowest BCUT2D eigenvalue weighted by atomic mass is 9.95. The summed E-state index contributed by atoms with van der Waals surface area (Å²) >= 11 is 0. The average Bonchev–Trinajstić information content (AvgIpc) is 2.25. The number of esters is 1. The summed E-state index contributed by atoms with van der Waals surface area (Å²) in [6, 6.07) is 0. The van der Waals surface area contributed by atoms with Gasteiger partial charge in [0.05, 0.1) is 7.11 Å². The summed E-state index contributed by atoms with van der Waals surface area (Å²) in [4.78, 5) is 11.1. The summed E-state index contributed by atoms with van der Waals surface area (Å²) < 4.78 is 9.26. The molecule has 3 N–H and O–H groups in total. The van der Waals surface area contributed by atoms with Gasteiger partial charge in [-0.05, 0) is 0 Å². The number of hydrogen-bond acceptors (Lipinski definition) is 6. The number of carbonyl (C=O) groups excluding carboxylic acids is 1. The van der Waals surface area contributed by atoms with Gasteiger partial charge >= 0.3 is 5.97 Å². The number of aliphatic hydroxyl groups excluding tert-OH is 3. The van der Waals surface area contributed by atoms with Crippen molar-refractivity contribution in [3.8, 4) is 12.3 Å². The number of rotatable bonds is 1.